The molecule has 1 aliphatic rings. The molecule has 1 fully saturated rings. The number of nitrogens with two attached hydrogens (primary N) is 1. The summed E-state index contributed by atoms with van der Waals surface area (Å²) in [7, 11) is 0. The Labute approximate surface area is 85.5 Å². The van der Waals surface area contributed by atoms with Gasteiger partial charge in [-0.1, -0.05) is 11.6 Å². The van der Waals surface area contributed by atoms with Crippen LogP contribution >= 0.6 is 23.8 Å². The molecule has 0 atom stereocenters. The minimum atomic E-state index is 0.352. The zero-order chi connectivity index (χ0) is 9.42. The lowest BCUT2D eigenvalue weighted by Gasteiger charge is -2.06. The fourth-order valence-electron chi connectivity index (χ4n) is 0.993. The van der Waals surface area contributed by atoms with Crippen molar-refractivity contribution in [2.45, 2.75) is 18.9 Å². The monoisotopic (exact) mass is 216 g/mol. The van der Waals surface area contributed by atoms with Gasteiger partial charge in [-0.2, -0.15) is 0 Å². The third-order valence-electron chi connectivity index (χ3n) is 1.82. The van der Waals surface area contributed by atoms with Crippen LogP contribution in [-0.2, 0) is 0 Å². The Balaban J connectivity index is 2.36. The molecule has 2 rings (SSSR count). The summed E-state index contributed by atoms with van der Waals surface area (Å²) in [5.74, 6) is 0.954. The minimum Gasteiger partial charge on any atom is -0.384 e. The maximum absolute atomic E-state index is 5.91. The fourth-order valence-corrected chi connectivity index (χ4v) is 1.34. The van der Waals surface area contributed by atoms with Crippen molar-refractivity contribution in [1.29, 1.82) is 0 Å². The van der Waals surface area contributed by atoms with E-state index in [2.05, 4.69) is 15.3 Å². The van der Waals surface area contributed by atoms with Gasteiger partial charge in [-0.25, -0.2) is 4.98 Å². The molecule has 0 amide bonds. The Hall–Kier alpha value is -0.810. The van der Waals surface area contributed by atoms with Gasteiger partial charge < -0.3 is 16.0 Å². The first-order chi connectivity index (χ1) is 6.16. The van der Waals surface area contributed by atoms with Crippen molar-refractivity contribution in [2.75, 3.05) is 11.1 Å². The highest BCUT2D eigenvalue weighted by atomic mass is 35.5. The molecule has 0 aromatic carbocycles. The van der Waals surface area contributed by atoms with Gasteiger partial charge in [0, 0.05) is 6.04 Å². The van der Waals surface area contributed by atoms with E-state index in [1.165, 1.54) is 0 Å². The maximum atomic E-state index is 5.91. The van der Waals surface area contributed by atoms with Crippen molar-refractivity contribution in [3.8, 4) is 0 Å². The Morgan fingerprint density at radius 1 is 1.62 bits per heavy atom. The smallest absolute Gasteiger partial charge is 0.200 e. The summed E-state index contributed by atoms with van der Waals surface area (Å²) >= 11 is 10.8. The molecule has 0 aliphatic heterocycles. The number of anilines is 2. The number of nitrogen functional groups attached to an aromatic ring is 1. The van der Waals surface area contributed by atoms with Crippen LogP contribution in [0.5, 0.6) is 0 Å². The average Bonchev–Trinajstić information content (AvgIpc) is 2.83. The van der Waals surface area contributed by atoms with E-state index in [1.807, 2.05) is 0 Å². The van der Waals surface area contributed by atoms with E-state index in [1.54, 1.807) is 0 Å². The number of nitrogens with one attached hydrogen (secondary N) is 2. The summed E-state index contributed by atoms with van der Waals surface area (Å²) in [4.78, 5) is 6.73. The quantitative estimate of drug-likeness (QED) is 0.662. The molecule has 1 aromatic rings. The molecule has 1 heterocycles. The van der Waals surface area contributed by atoms with Crippen molar-refractivity contribution in [3.05, 3.63) is 9.79 Å². The Bertz CT molecular complexity index is 385. The highest BCUT2D eigenvalue weighted by molar-refractivity contribution is 7.71. The van der Waals surface area contributed by atoms with E-state index in [9.17, 15) is 0 Å². The van der Waals surface area contributed by atoms with Gasteiger partial charge in [0.2, 0.25) is 0 Å². The van der Waals surface area contributed by atoms with Gasteiger partial charge in [0.25, 0.3) is 0 Å². The predicted octanol–water partition coefficient (Wildman–Crippen LogP) is 1.95. The van der Waals surface area contributed by atoms with Crippen molar-refractivity contribution in [2.24, 2.45) is 0 Å². The predicted molar refractivity (Wildman–Crippen MR) is 55.5 cm³/mol. The van der Waals surface area contributed by atoms with E-state index in [0.717, 1.165) is 12.8 Å². The van der Waals surface area contributed by atoms with E-state index >= 15 is 0 Å². The van der Waals surface area contributed by atoms with Gasteiger partial charge in [-0.15, -0.1) is 0 Å². The van der Waals surface area contributed by atoms with Crippen LogP contribution in [0, 0.1) is 4.77 Å². The van der Waals surface area contributed by atoms with Gasteiger partial charge in [-0.3, -0.25) is 0 Å². The lowest BCUT2D eigenvalue weighted by atomic mass is 10.5. The SMILES string of the molecule is Nc1[nH]c(=S)nc(NC2CC2)c1Cl. The lowest BCUT2D eigenvalue weighted by molar-refractivity contribution is 1.07. The van der Waals surface area contributed by atoms with E-state index in [0.29, 0.717) is 27.5 Å². The molecule has 0 radical (unpaired) electrons. The number of hydrogen-bond acceptors (Lipinski definition) is 4. The molecule has 0 spiro atoms. The Kier molecular flexibility index (Phi) is 2.13. The Morgan fingerprint density at radius 3 is 2.92 bits per heavy atom. The van der Waals surface area contributed by atoms with Crippen LogP contribution in [0.3, 0.4) is 0 Å². The molecule has 1 saturated carbocycles. The summed E-state index contributed by atoms with van der Waals surface area (Å²) in [6.45, 7) is 0. The van der Waals surface area contributed by atoms with Crippen LogP contribution < -0.4 is 11.1 Å². The maximum Gasteiger partial charge on any atom is 0.200 e. The lowest BCUT2D eigenvalue weighted by Crippen LogP contribution is -2.06. The van der Waals surface area contributed by atoms with E-state index in [4.69, 9.17) is 29.6 Å². The zero-order valence-corrected chi connectivity index (χ0v) is 8.37. The standard InChI is InChI=1S/C7H9ClN4S/c8-4-5(9)11-7(13)12-6(4)10-3-1-2-3/h3H,1-2H2,(H4,9,10,11,12,13). The minimum absolute atomic E-state index is 0.352. The summed E-state index contributed by atoms with van der Waals surface area (Å²) < 4.78 is 0.352. The normalized spacial score (nSPS) is 15.8. The molecule has 4 nitrogen and oxygen atoms in total. The number of H-pyrrole nitrogens is 1. The van der Waals surface area contributed by atoms with E-state index < -0.39 is 0 Å². The van der Waals surface area contributed by atoms with Gasteiger partial charge in [0.1, 0.15) is 10.8 Å². The first kappa shape index (κ1) is 8.77. The first-order valence-corrected chi connectivity index (χ1v) is 4.77. The largest absolute Gasteiger partial charge is 0.384 e. The molecular formula is C7H9ClN4S. The second kappa shape index (κ2) is 3.16. The fraction of sp³-hybridized carbons (Fsp3) is 0.429. The van der Waals surface area contributed by atoms with Gasteiger partial charge >= 0.3 is 0 Å². The van der Waals surface area contributed by atoms with Crippen LogP contribution in [0.15, 0.2) is 0 Å². The van der Waals surface area contributed by atoms with Crippen molar-refractivity contribution in [3.63, 3.8) is 0 Å². The van der Waals surface area contributed by atoms with Gasteiger partial charge in [0.05, 0.1) is 0 Å². The molecule has 13 heavy (non-hydrogen) atoms. The number of halogens is 1. The average molecular weight is 217 g/mol. The number of aromatic nitrogens is 2. The molecule has 70 valence electrons. The molecule has 1 aliphatic carbocycles. The second-order valence-electron chi connectivity index (χ2n) is 3.04. The number of nitrogens with zero attached hydrogens (tertiary/aromatic N) is 1. The highest BCUT2D eigenvalue weighted by Gasteiger charge is 2.22. The molecule has 0 saturated heterocycles. The third kappa shape index (κ3) is 1.92. The number of rotatable bonds is 2. The number of aromatic amines is 1. The van der Waals surface area contributed by atoms with Crippen molar-refractivity contribution in [1.82, 2.24) is 9.97 Å². The van der Waals surface area contributed by atoms with E-state index in [-0.39, 0.29) is 0 Å². The van der Waals surface area contributed by atoms with Crippen molar-refractivity contribution < 1.29 is 0 Å². The van der Waals surface area contributed by atoms with Crippen LogP contribution in [-0.4, -0.2) is 16.0 Å². The van der Waals surface area contributed by atoms with Gasteiger partial charge in [0.15, 0.2) is 10.6 Å². The van der Waals surface area contributed by atoms with Crippen LogP contribution in [0.4, 0.5) is 11.6 Å². The summed E-state index contributed by atoms with van der Waals surface area (Å²) in [5.41, 5.74) is 5.58. The zero-order valence-electron chi connectivity index (χ0n) is 6.80. The van der Waals surface area contributed by atoms with Crippen molar-refractivity contribution >= 4 is 35.5 Å². The molecular weight excluding hydrogens is 208 g/mol. The topological polar surface area (TPSA) is 66.7 Å². The van der Waals surface area contributed by atoms with Gasteiger partial charge in [-0.05, 0) is 25.1 Å². The molecule has 0 bridgehead atoms. The summed E-state index contributed by atoms with van der Waals surface area (Å²) in [6.07, 6.45) is 2.31. The first-order valence-electron chi connectivity index (χ1n) is 3.98. The Morgan fingerprint density at radius 2 is 2.31 bits per heavy atom. The summed E-state index contributed by atoms with van der Waals surface area (Å²) in [5, 5.41) is 3.57. The molecule has 6 heteroatoms. The van der Waals surface area contributed by atoms with Crippen LogP contribution in [0.1, 0.15) is 12.8 Å². The van der Waals surface area contributed by atoms with Crippen LogP contribution in [0.2, 0.25) is 5.02 Å². The molecule has 4 N–H and O–H groups in total. The second-order valence-corrected chi connectivity index (χ2v) is 3.80. The number of hydrogen-bond donors (Lipinski definition) is 3. The van der Waals surface area contributed by atoms with Crippen LogP contribution in [0.25, 0.3) is 0 Å². The summed E-state index contributed by atoms with van der Waals surface area (Å²) in [6, 6.07) is 0.487. The molecule has 0 unspecified atom stereocenters. The molecule has 1 aromatic heterocycles. The highest BCUT2D eigenvalue weighted by Crippen LogP contribution is 2.29. The third-order valence-corrected chi connectivity index (χ3v) is 2.39.